The van der Waals surface area contributed by atoms with Gasteiger partial charge in [-0.3, -0.25) is 4.90 Å². The Morgan fingerprint density at radius 1 is 1.33 bits per heavy atom. The van der Waals surface area contributed by atoms with E-state index in [1.807, 2.05) is 18.3 Å². The minimum Gasteiger partial charge on any atom is -0.478 e. The summed E-state index contributed by atoms with van der Waals surface area (Å²) >= 11 is 0. The van der Waals surface area contributed by atoms with Gasteiger partial charge in [0, 0.05) is 31.3 Å². The van der Waals surface area contributed by atoms with E-state index in [0.29, 0.717) is 12.7 Å². The van der Waals surface area contributed by atoms with Crippen molar-refractivity contribution in [1.29, 1.82) is 0 Å². The largest absolute Gasteiger partial charge is 0.478 e. The molecule has 0 aliphatic carbocycles. The molecule has 5 nitrogen and oxygen atoms in total. The molecule has 21 heavy (non-hydrogen) atoms. The fourth-order valence-electron chi connectivity index (χ4n) is 2.54. The van der Waals surface area contributed by atoms with Gasteiger partial charge in [-0.2, -0.15) is 0 Å². The Bertz CT molecular complexity index is 657. The van der Waals surface area contributed by atoms with Gasteiger partial charge in [-0.25, -0.2) is 9.97 Å². The Hall–Kier alpha value is -2.14. The molecule has 0 saturated heterocycles. The van der Waals surface area contributed by atoms with Crippen LogP contribution in [0, 0.1) is 13.8 Å². The van der Waals surface area contributed by atoms with Crippen LogP contribution in [0.2, 0.25) is 0 Å². The number of aryl methyl sites for hydroxylation is 1. The lowest BCUT2D eigenvalue weighted by molar-refractivity contribution is 0.112. The van der Waals surface area contributed by atoms with Gasteiger partial charge in [0.15, 0.2) is 0 Å². The molecule has 1 aliphatic heterocycles. The summed E-state index contributed by atoms with van der Waals surface area (Å²) in [5.41, 5.74) is 10.3. The van der Waals surface area contributed by atoms with Gasteiger partial charge in [0.25, 0.3) is 0 Å². The van der Waals surface area contributed by atoms with Gasteiger partial charge in [-0.05, 0) is 31.0 Å². The van der Waals surface area contributed by atoms with Crippen LogP contribution in [0.15, 0.2) is 24.4 Å². The molecule has 2 N–H and O–H groups in total. The highest BCUT2D eigenvalue weighted by Crippen LogP contribution is 2.22. The third-order valence-corrected chi connectivity index (χ3v) is 3.99. The van der Waals surface area contributed by atoms with E-state index >= 15 is 0 Å². The smallest absolute Gasteiger partial charge is 0.220 e. The number of ether oxygens (including phenoxy) is 1. The van der Waals surface area contributed by atoms with Crippen molar-refractivity contribution in [2.75, 3.05) is 19.0 Å². The summed E-state index contributed by atoms with van der Waals surface area (Å²) in [7, 11) is 0. The zero-order valence-electron chi connectivity index (χ0n) is 12.5. The molecule has 2 aromatic rings. The van der Waals surface area contributed by atoms with Crippen molar-refractivity contribution in [2.45, 2.75) is 26.8 Å². The van der Waals surface area contributed by atoms with E-state index in [4.69, 9.17) is 10.5 Å². The molecule has 0 spiro atoms. The Balaban J connectivity index is 1.65. The van der Waals surface area contributed by atoms with Crippen LogP contribution in [-0.4, -0.2) is 28.1 Å². The Morgan fingerprint density at radius 2 is 2.19 bits per heavy atom. The van der Waals surface area contributed by atoms with E-state index in [2.05, 4.69) is 34.8 Å². The van der Waals surface area contributed by atoms with Crippen molar-refractivity contribution < 1.29 is 4.74 Å². The minimum atomic E-state index is 0.355. The van der Waals surface area contributed by atoms with E-state index < -0.39 is 0 Å². The highest BCUT2D eigenvalue weighted by Gasteiger charge is 2.18. The first-order valence-corrected chi connectivity index (χ1v) is 7.15. The predicted molar refractivity (Wildman–Crippen MR) is 82.0 cm³/mol. The predicted octanol–water partition coefficient (Wildman–Crippen LogP) is 2.07. The van der Waals surface area contributed by atoms with Crippen molar-refractivity contribution in [3.05, 3.63) is 46.8 Å². The zero-order chi connectivity index (χ0) is 14.8. The summed E-state index contributed by atoms with van der Waals surface area (Å²) in [6, 6.07) is 6.14. The molecule has 0 saturated carbocycles. The number of hydrogen-bond acceptors (Lipinski definition) is 5. The monoisotopic (exact) mass is 284 g/mol. The third-order valence-electron chi connectivity index (χ3n) is 3.99. The number of nitrogens with two attached hydrogens (primary N) is 1. The normalized spacial score (nSPS) is 14.8. The van der Waals surface area contributed by atoms with Crippen molar-refractivity contribution in [1.82, 2.24) is 14.9 Å². The van der Waals surface area contributed by atoms with E-state index in [1.165, 1.54) is 11.1 Å². The molecule has 1 aliphatic rings. The van der Waals surface area contributed by atoms with E-state index in [0.717, 1.165) is 36.5 Å². The molecule has 110 valence electrons. The number of benzene rings is 1. The van der Waals surface area contributed by atoms with Crippen molar-refractivity contribution >= 4 is 5.95 Å². The Morgan fingerprint density at radius 3 is 3.05 bits per heavy atom. The molecule has 1 aromatic carbocycles. The number of nitrogen functional groups attached to an aromatic ring is 1. The van der Waals surface area contributed by atoms with Crippen LogP contribution >= 0.6 is 0 Å². The lowest BCUT2D eigenvalue weighted by atomic mass is 10.1. The van der Waals surface area contributed by atoms with Gasteiger partial charge in [-0.1, -0.05) is 12.1 Å². The van der Waals surface area contributed by atoms with E-state index in [1.54, 1.807) is 0 Å². The molecular weight excluding hydrogens is 264 g/mol. The van der Waals surface area contributed by atoms with Gasteiger partial charge in [0.1, 0.15) is 12.5 Å². The minimum absolute atomic E-state index is 0.355. The first kappa shape index (κ1) is 13.8. The maximum atomic E-state index is 5.96. The second-order valence-electron chi connectivity index (χ2n) is 5.47. The summed E-state index contributed by atoms with van der Waals surface area (Å²) in [4.78, 5) is 10.6. The molecule has 0 radical (unpaired) electrons. The first-order chi connectivity index (χ1) is 10.1. The maximum Gasteiger partial charge on any atom is 0.220 e. The summed E-state index contributed by atoms with van der Waals surface area (Å²) < 4.78 is 5.96. The number of aromatic nitrogens is 2. The molecular formula is C16H20N4O. The van der Waals surface area contributed by atoms with E-state index in [9.17, 15) is 0 Å². The average molecular weight is 284 g/mol. The van der Waals surface area contributed by atoms with Crippen LogP contribution in [0.4, 0.5) is 5.95 Å². The van der Waals surface area contributed by atoms with Gasteiger partial charge >= 0.3 is 0 Å². The number of fused-ring (bicyclic) bond motifs is 1. The molecule has 0 bridgehead atoms. The van der Waals surface area contributed by atoms with Crippen LogP contribution in [0.25, 0.3) is 0 Å². The van der Waals surface area contributed by atoms with E-state index in [-0.39, 0.29) is 0 Å². The van der Waals surface area contributed by atoms with Crippen LogP contribution in [0.5, 0.6) is 5.75 Å². The first-order valence-electron chi connectivity index (χ1n) is 7.15. The lowest BCUT2D eigenvalue weighted by Crippen LogP contribution is -2.34. The molecule has 0 unspecified atom stereocenters. The molecule has 0 atom stereocenters. The van der Waals surface area contributed by atoms with Crippen LogP contribution in [0.1, 0.15) is 22.4 Å². The van der Waals surface area contributed by atoms with Crippen molar-refractivity contribution in [3.8, 4) is 5.75 Å². The van der Waals surface area contributed by atoms with Gasteiger partial charge in [0.2, 0.25) is 5.95 Å². The average Bonchev–Trinajstić information content (AvgIpc) is 2.49. The zero-order valence-corrected chi connectivity index (χ0v) is 12.5. The lowest BCUT2D eigenvalue weighted by Gasteiger charge is -2.28. The van der Waals surface area contributed by atoms with Crippen LogP contribution in [0.3, 0.4) is 0 Å². The Kier molecular flexibility index (Phi) is 3.75. The molecule has 1 aromatic heterocycles. The van der Waals surface area contributed by atoms with Gasteiger partial charge in [-0.15, -0.1) is 0 Å². The number of anilines is 1. The second-order valence-corrected chi connectivity index (χ2v) is 5.47. The second kappa shape index (κ2) is 5.69. The van der Waals surface area contributed by atoms with Crippen LogP contribution < -0.4 is 10.5 Å². The molecule has 2 heterocycles. The molecule has 0 amide bonds. The van der Waals surface area contributed by atoms with Gasteiger partial charge < -0.3 is 10.5 Å². The summed E-state index contributed by atoms with van der Waals surface area (Å²) in [6.07, 6.45) is 2.71. The number of nitrogens with zero attached hydrogens (tertiary/aromatic N) is 3. The molecule has 3 rings (SSSR count). The maximum absolute atomic E-state index is 5.96. The highest BCUT2D eigenvalue weighted by atomic mass is 16.5. The summed E-state index contributed by atoms with van der Waals surface area (Å²) in [5, 5.41) is 0. The fourth-order valence-corrected chi connectivity index (χ4v) is 2.54. The van der Waals surface area contributed by atoms with Crippen molar-refractivity contribution in [3.63, 3.8) is 0 Å². The van der Waals surface area contributed by atoms with Gasteiger partial charge in [0.05, 0.1) is 5.69 Å². The highest BCUT2D eigenvalue weighted by molar-refractivity contribution is 5.38. The Labute approximate surface area is 124 Å². The standard InChI is InChI=1S/C16H20N4O/c1-11-4-3-5-15(12(11)2)21-10-20-7-6-14-13(9-20)8-18-16(17)19-14/h3-5,8H,6-7,9-10H2,1-2H3,(H2,17,18,19). The summed E-state index contributed by atoms with van der Waals surface area (Å²) in [5.74, 6) is 1.31. The molecule has 0 fully saturated rings. The summed E-state index contributed by atoms with van der Waals surface area (Å²) in [6.45, 7) is 6.50. The number of rotatable bonds is 3. The third kappa shape index (κ3) is 2.97. The SMILES string of the molecule is Cc1cccc(OCN2CCc3nc(N)ncc3C2)c1C. The van der Waals surface area contributed by atoms with Crippen molar-refractivity contribution in [2.24, 2.45) is 0 Å². The molecule has 5 heteroatoms. The topological polar surface area (TPSA) is 64.3 Å². The fraction of sp³-hybridized carbons (Fsp3) is 0.375. The van der Waals surface area contributed by atoms with Crippen LogP contribution in [-0.2, 0) is 13.0 Å². The quantitative estimate of drug-likeness (QED) is 0.934. The number of hydrogen-bond donors (Lipinski definition) is 1.